The largest absolute Gasteiger partial charge is 0.375 e. The van der Waals surface area contributed by atoms with Crippen molar-refractivity contribution in [1.29, 1.82) is 0 Å². The van der Waals surface area contributed by atoms with Crippen molar-refractivity contribution in [3.63, 3.8) is 0 Å². The van der Waals surface area contributed by atoms with Gasteiger partial charge in [0.15, 0.2) is 0 Å². The molecule has 0 aromatic carbocycles. The van der Waals surface area contributed by atoms with Gasteiger partial charge in [-0.2, -0.15) is 0 Å². The second kappa shape index (κ2) is 11.5. The first-order valence-electron chi connectivity index (χ1n) is 12.1. The van der Waals surface area contributed by atoms with Crippen molar-refractivity contribution >= 4 is 52.7 Å². The Morgan fingerprint density at radius 2 is 1.27 bits per heavy atom. The normalized spacial score (nSPS) is 32.7. The Labute approximate surface area is 191 Å². The Kier molecular flexibility index (Phi) is 11.2. The quantitative estimate of drug-likeness (QED) is 0.241. The van der Waals surface area contributed by atoms with E-state index in [1.807, 2.05) is 0 Å². The summed E-state index contributed by atoms with van der Waals surface area (Å²) in [5.74, 6) is 3.98. The minimum absolute atomic E-state index is 0.382. The van der Waals surface area contributed by atoms with E-state index in [0.717, 1.165) is 0 Å². The number of ether oxygens (including phenoxy) is 1. The predicted molar refractivity (Wildman–Crippen MR) is 161 cm³/mol. The predicted octanol–water partition coefficient (Wildman–Crippen LogP) is 7.47. The molecule has 30 heavy (non-hydrogen) atoms. The molecule has 1 heterocycles. The Morgan fingerprint density at radius 3 is 1.73 bits per heavy atom. The van der Waals surface area contributed by atoms with E-state index in [1.54, 1.807) is 0 Å². The maximum atomic E-state index is 6.54. The van der Waals surface area contributed by atoms with Crippen molar-refractivity contribution in [2.75, 3.05) is 62.1 Å². The van der Waals surface area contributed by atoms with Gasteiger partial charge in [0, 0.05) is 0 Å². The zero-order valence-corrected chi connectivity index (χ0v) is 25.3. The monoisotopic (exact) mass is 494 g/mol. The molecule has 0 spiro atoms. The lowest BCUT2D eigenvalue weighted by Gasteiger charge is -2.36. The minimum atomic E-state index is -1.22. The standard InChI is InChI=1S/C25H54OP4/c1-13-27(7,8)19-24-22(5)23(6)26-25(24)17-18-29(11,15-3)21-30(12,16-4)20-28(9,10)14-2/h22-25H,7,9,11-21H2,1-6,8,10H3. The molecule has 1 saturated heterocycles. The van der Waals surface area contributed by atoms with Gasteiger partial charge in [0.25, 0.3) is 0 Å². The van der Waals surface area contributed by atoms with Gasteiger partial charge in [0.05, 0.1) is 12.2 Å². The fraction of sp³-hybridized carbons (Fsp3) is 0.840. The molecule has 0 N–H and O–H groups in total. The highest BCUT2D eigenvalue weighted by Gasteiger charge is 2.40. The van der Waals surface area contributed by atoms with Gasteiger partial charge < -0.3 is 4.74 Å². The van der Waals surface area contributed by atoms with E-state index >= 15 is 0 Å². The zero-order chi connectivity index (χ0) is 23.4. The second-order valence-corrected chi connectivity index (χ2v) is 28.5. The summed E-state index contributed by atoms with van der Waals surface area (Å²) < 4.78 is 6.54. The highest BCUT2D eigenvalue weighted by atomic mass is 31.2. The third-order valence-corrected chi connectivity index (χ3v) is 26.1. The second-order valence-electron chi connectivity index (χ2n) is 11.1. The molecule has 0 aromatic heterocycles. The van der Waals surface area contributed by atoms with E-state index in [1.165, 1.54) is 55.2 Å². The first kappa shape index (κ1) is 29.2. The summed E-state index contributed by atoms with van der Waals surface area (Å²) in [5.41, 5.74) is 0. The van der Waals surface area contributed by atoms with Crippen molar-refractivity contribution in [3.05, 3.63) is 0 Å². The van der Waals surface area contributed by atoms with Crippen LogP contribution < -0.4 is 0 Å². The Morgan fingerprint density at radius 1 is 0.733 bits per heavy atom. The fourth-order valence-corrected chi connectivity index (χ4v) is 23.6. The molecule has 0 aliphatic carbocycles. The third-order valence-electron chi connectivity index (χ3n) is 7.93. The molecule has 0 aromatic rings. The molecule has 0 amide bonds. The highest BCUT2D eigenvalue weighted by molar-refractivity contribution is 7.95. The summed E-state index contributed by atoms with van der Waals surface area (Å²) in [6.07, 6.45) is 28.6. The summed E-state index contributed by atoms with van der Waals surface area (Å²) in [6.45, 7) is 14.4. The van der Waals surface area contributed by atoms with Crippen molar-refractivity contribution < 1.29 is 4.74 Å². The van der Waals surface area contributed by atoms with Crippen LogP contribution in [0.4, 0.5) is 0 Å². The number of hydrogen-bond acceptors (Lipinski definition) is 1. The third kappa shape index (κ3) is 8.50. The van der Waals surface area contributed by atoms with Crippen LogP contribution in [0.15, 0.2) is 0 Å². The zero-order valence-electron chi connectivity index (χ0n) is 21.7. The first-order valence-corrected chi connectivity index (χ1v) is 22.7. The first-order chi connectivity index (χ1) is 13.7. The molecule has 8 atom stereocenters. The van der Waals surface area contributed by atoms with E-state index in [9.17, 15) is 0 Å². The molecular weight excluding hydrogens is 440 g/mol. The summed E-state index contributed by atoms with van der Waals surface area (Å²) >= 11 is 0. The average molecular weight is 495 g/mol. The van der Waals surface area contributed by atoms with E-state index in [2.05, 4.69) is 67.5 Å². The van der Waals surface area contributed by atoms with E-state index in [-0.39, 0.29) is 0 Å². The Bertz CT molecular complexity index is 737. The van der Waals surface area contributed by atoms with Crippen LogP contribution >= 0.6 is 27.5 Å². The van der Waals surface area contributed by atoms with Crippen LogP contribution in [-0.2, 0) is 4.74 Å². The minimum Gasteiger partial charge on any atom is -0.375 e. The molecule has 0 bridgehead atoms. The van der Waals surface area contributed by atoms with E-state index in [0.29, 0.717) is 24.0 Å². The smallest absolute Gasteiger partial charge is 0.0617 e. The van der Waals surface area contributed by atoms with E-state index < -0.39 is 27.5 Å². The molecule has 1 aliphatic heterocycles. The van der Waals surface area contributed by atoms with Crippen LogP contribution in [0.1, 0.15) is 48.0 Å². The average Bonchev–Trinajstić information content (AvgIpc) is 2.93. The molecule has 1 aliphatic rings. The van der Waals surface area contributed by atoms with Crippen molar-refractivity contribution in [3.8, 4) is 0 Å². The molecule has 0 radical (unpaired) electrons. The summed E-state index contributed by atoms with van der Waals surface area (Å²) in [5, 5.41) is 0. The van der Waals surface area contributed by atoms with Gasteiger partial charge in [-0.25, -0.2) is 0 Å². The molecule has 1 fully saturated rings. The van der Waals surface area contributed by atoms with Crippen LogP contribution in [0.3, 0.4) is 0 Å². The lowest BCUT2D eigenvalue weighted by molar-refractivity contribution is 0.0401. The highest BCUT2D eigenvalue weighted by Crippen LogP contribution is 2.67. The molecule has 180 valence electrons. The van der Waals surface area contributed by atoms with Crippen LogP contribution in [0.5, 0.6) is 0 Å². The summed E-state index contributed by atoms with van der Waals surface area (Å²) in [4.78, 5) is 0. The maximum absolute atomic E-state index is 6.54. The molecule has 0 saturated carbocycles. The van der Waals surface area contributed by atoms with Gasteiger partial charge in [-0.15, -0.1) is 46.4 Å². The molecule has 1 nitrogen and oxygen atoms in total. The van der Waals surface area contributed by atoms with Crippen molar-refractivity contribution in [1.82, 2.24) is 0 Å². The van der Waals surface area contributed by atoms with Crippen molar-refractivity contribution in [2.24, 2.45) is 11.8 Å². The Balaban J connectivity index is 2.94. The van der Waals surface area contributed by atoms with Crippen LogP contribution in [0.25, 0.3) is 0 Å². The summed E-state index contributed by atoms with van der Waals surface area (Å²) in [6, 6.07) is 0. The molecular formula is C25H54OP4. The van der Waals surface area contributed by atoms with Gasteiger partial charge in [0.2, 0.25) is 0 Å². The molecule has 5 heteroatoms. The Hall–Kier alpha value is 1.16. The van der Waals surface area contributed by atoms with Crippen LogP contribution in [0, 0.1) is 11.8 Å². The number of hydrogen-bond donors (Lipinski definition) is 0. The molecule has 1 rings (SSSR count). The van der Waals surface area contributed by atoms with Crippen LogP contribution in [-0.4, -0.2) is 99.5 Å². The lowest BCUT2D eigenvalue weighted by Crippen LogP contribution is -2.25. The summed E-state index contributed by atoms with van der Waals surface area (Å²) in [7, 11) is 0. The van der Waals surface area contributed by atoms with Gasteiger partial charge in [-0.05, 0) is 87.3 Å². The van der Waals surface area contributed by atoms with E-state index in [4.69, 9.17) is 17.3 Å². The van der Waals surface area contributed by atoms with Gasteiger partial charge in [0.1, 0.15) is 0 Å². The van der Waals surface area contributed by atoms with Gasteiger partial charge >= 0.3 is 0 Å². The van der Waals surface area contributed by atoms with Gasteiger partial charge in [-0.1, -0.05) is 40.9 Å². The van der Waals surface area contributed by atoms with Crippen molar-refractivity contribution in [2.45, 2.75) is 60.2 Å². The fourth-order valence-electron chi connectivity index (χ4n) is 4.83. The number of rotatable bonds is 13. The van der Waals surface area contributed by atoms with Gasteiger partial charge in [-0.3, -0.25) is 0 Å². The topological polar surface area (TPSA) is 9.23 Å². The lowest BCUT2D eigenvalue weighted by atomic mass is 9.90. The molecule has 8 unspecified atom stereocenters. The van der Waals surface area contributed by atoms with Crippen LogP contribution in [0.2, 0.25) is 0 Å². The maximum Gasteiger partial charge on any atom is 0.0617 e. The SMILES string of the molecule is C=P(C)(CC)CC1C(CCP(=C)(CC)CP(=C)(CC)CP(=C)(C)CC)OC(C)C1C.